The van der Waals surface area contributed by atoms with Gasteiger partial charge in [0.15, 0.2) is 0 Å². The Labute approximate surface area is 227 Å². The van der Waals surface area contributed by atoms with Crippen LogP contribution >= 0.6 is 11.8 Å². The number of aromatic nitrogens is 1. The molecule has 0 fully saturated rings. The zero-order valence-electron chi connectivity index (χ0n) is 21.0. The van der Waals surface area contributed by atoms with Crippen molar-refractivity contribution < 1.29 is 44.1 Å². The standard InChI is InChI=1S/C24H31N5O9S/c1-39-7-6-16(27-23(36)17(10-20(32)33)28-21(34)14(25)9-19(30)31)22(35)29-18(24(37)38)8-12-11-26-15-5-3-2-4-13(12)15/h2-5,11,14,16-18,26H,6-10,25H2,1H3,(H,27,36)(H,28,34)(H,29,35)(H,30,31)(H,32,33)(H,37,38). The molecular weight excluding hydrogens is 534 g/mol. The number of amides is 3. The molecule has 0 aliphatic rings. The van der Waals surface area contributed by atoms with Gasteiger partial charge in [-0.15, -0.1) is 0 Å². The zero-order valence-corrected chi connectivity index (χ0v) is 21.8. The normalized spacial score (nSPS) is 14.0. The second kappa shape index (κ2) is 14.7. The highest BCUT2D eigenvalue weighted by molar-refractivity contribution is 7.98. The number of carbonyl (C=O) groups excluding carboxylic acids is 3. The average Bonchev–Trinajstić information content (AvgIpc) is 3.27. The van der Waals surface area contributed by atoms with E-state index in [0.717, 1.165) is 10.9 Å². The Morgan fingerprint density at radius 2 is 1.46 bits per heavy atom. The number of hydrogen-bond acceptors (Lipinski definition) is 8. The van der Waals surface area contributed by atoms with E-state index in [4.69, 9.17) is 10.8 Å². The second-order valence-electron chi connectivity index (χ2n) is 8.67. The van der Waals surface area contributed by atoms with Crippen molar-refractivity contribution in [3.63, 3.8) is 0 Å². The van der Waals surface area contributed by atoms with Crippen molar-refractivity contribution in [2.75, 3.05) is 12.0 Å². The molecule has 0 spiro atoms. The van der Waals surface area contributed by atoms with Crippen LogP contribution in [0.1, 0.15) is 24.8 Å². The molecule has 2 aromatic rings. The Balaban J connectivity index is 2.17. The van der Waals surface area contributed by atoms with Gasteiger partial charge < -0.3 is 42.0 Å². The number of aliphatic carboxylic acids is 3. The number of nitrogens with one attached hydrogen (secondary N) is 4. The number of nitrogens with two attached hydrogens (primary N) is 1. The number of benzene rings is 1. The fourth-order valence-corrected chi connectivity index (χ4v) is 4.18. The molecule has 4 atom stereocenters. The summed E-state index contributed by atoms with van der Waals surface area (Å²) in [6.45, 7) is 0. The van der Waals surface area contributed by atoms with E-state index >= 15 is 0 Å². The third-order valence-electron chi connectivity index (χ3n) is 5.70. The maximum atomic E-state index is 13.1. The molecule has 212 valence electrons. The molecule has 1 aromatic carbocycles. The topological polar surface area (TPSA) is 241 Å². The van der Waals surface area contributed by atoms with Gasteiger partial charge in [0, 0.05) is 23.5 Å². The monoisotopic (exact) mass is 565 g/mol. The molecule has 3 amide bonds. The van der Waals surface area contributed by atoms with Gasteiger partial charge in [0.05, 0.1) is 18.9 Å². The fourth-order valence-electron chi connectivity index (χ4n) is 3.71. The zero-order chi connectivity index (χ0) is 29.1. The van der Waals surface area contributed by atoms with E-state index in [-0.39, 0.29) is 12.8 Å². The van der Waals surface area contributed by atoms with E-state index in [1.54, 1.807) is 18.5 Å². The smallest absolute Gasteiger partial charge is 0.326 e. The number of carboxylic acid groups (broad SMARTS) is 3. The number of aromatic amines is 1. The third-order valence-corrected chi connectivity index (χ3v) is 6.34. The Morgan fingerprint density at radius 3 is 2.08 bits per heavy atom. The van der Waals surface area contributed by atoms with Crippen LogP contribution in [0.5, 0.6) is 0 Å². The first-order valence-electron chi connectivity index (χ1n) is 11.8. The van der Waals surface area contributed by atoms with Crippen molar-refractivity contribution in [2.45, 2.75) is 49.9 Å². The summed E-state index contributed by atoms with van der Waals surface area (Å²) in [5, 5.41) is 35.4. The van der Waals surface area contributed by atoms with Crippen LogP contribution in [0.4, 0.5) is 0 Å². The summed E-state index contributed by atoms with van der Waals surface area (Å²) in [5.74, 6) is -6.63. The molecule has 0 aliphatic heterocycles. The Hall–Kier alpha value is -4.11. The van der Waals surface area contributed by atoms with Crippen LogP contribution in [0.2, 0.25) is 0 Å². The van der Waals surface area contributed by atoms with Crippen LogP contribution in [-0.2, 0) is 35.2 Å². The van der Waals surface area contributed by atoms with Gasteiger partial charge in [0.1, 0.15) is 18.1 Å². The van der Waals surface area contributed by atoms with Crippen molar-refractivity contribution in [1.82, 2.24) is 20.9 Å². The van der Waals surface area contributed by atoms with Crippen molar-refractivity contribution in [1.29, 1.82) is 0 Å². The van der Waals surface area contributed by atoms with Gasteiger partial charge in [-0.2, -0.15) is 11.8 Å². The largest absolute Gasteiger partial charge is 0.481 e. The minimum atomic E-state index is -1.67. The minimum absolute atomic E-state index is 0.0482. The maximum Gasteiger partial charge on any atom is 0.326 e. The third kappa shape index (κ3) is 9.61. The number of thioether (sulfide) groups is 1. The molecule has 0 saturated carbocycles. The highest BCUT2D eigenvalue weighted by Crippen LogP contribution is 2.19. The van der Waals surface area contributed by atoms with Gasteiger partial charge >= 0.3 is 17.9 Å². The van der Waals surface area contributed by atoms with Crippen LogP contribution in [0.15, 0.2) is 30.5 Å². The van der Waals surface area contributed by atoms with Gasteiger partial charge in [0.2, 0.25) is 17.7 Å². The van der Waals surface area contributed by atoms with Crippen molar-refractivity contribution in [2.24, 2.45) is 5.73 Å². The molecule has 15 heteroatoms. The Kier molecular flexibility index (Phi) is 11.7. The number of hydrogen-bond donors (Lipinski definition) is 8. The van der Waals surface area contributed by atoms with Crippen LogP contribution < -0.4 is 21.7 Å². The van der Waals surface area contributed by atoms with Crippen LogP contribution in [-0.4, -0.2) is 92.1 Å². The fraction of sp³-hybridized carbons (Fsp3) is 0.417. The lowest BCUT2D eigenvalue weighted by molar-refractivity contribution is -0.143. The molecule has 39 heavy (non-hydrogen) atoms. The predicted octanol–water partition coefficient (Wildman–Crippen LogP) is -0.721. The van der Waals surface area contributed by atoms with E-state index in [9.17, 15) is 39.0 Å². The second-order valence-corrected chi connectivity index (χ2v) is 9.65. The van der Waals surface area contributed by atoms with E-state index < -0.39 is 72.6 Å². The highest BCUT2D eigenvalue weighted by atomic mass is 32.2. The first kappa shape index (κ1) is 31.1. The molecule has 0 aliphatic carbocycles. The van der Waals surface area contributed by atoms with Crippen LogP contribution in [0, 0.1) is 0 Å². The Morgan fingerprint density at radius 1 is 0.872 bits per heavy atom. The lowest BCUT2D eigenvalue weighted by Gasteiger charge is -2.24. The number of rotatable bonds is 16. The number of para-hydroxylation sites is 1. The van der Waals surface area contributed by atoms with Crippen LogP contribution in [0.25, 0.3) is 10.9 Å². The predicted molar refractivity (Wildman–Crippen MR) is 141 cm³/mol. The number of H-pyrrole nitrogens is 1. The number of fused-ring (bicyclic) bond motifs is 1. The van der Waals surface area contributed by atoms with E-state index in [2.05, 4.69) is 20.9 Å². The molecule has 0 radical (unpaired) electrons. The van der Waals surface area contributed by atoms with E-state index in [0.29, 0.717) is 11.3 Å². The van der Waals surface area contributed by atoms with Gasteiger partial charge in [-0.3, -0.25) is 24.0 Å². The maximum absolute atomic E-state index is 13.1. The minimum Gasteiger partial charge on any atom is -0.481 e. The molecule has 9 N–H and O–H groups in total. The molecule has 0 saturated heterocycles. The molecule has 14 nitrogen and oxygen atoms in total. The van der Waals surface area contributed by atoms with Crippen molar-refractivity contribution >= 4 is 58.3 Å². The van der Waals surface area contributed by atoms with Crippen molar-refractivity contribution in [3.8, 4) is 0 Å². The average molecular weight is 566 g/mol. The molecule has 1 aromatic heterocycles. The first-order valence-corrected chi connectivity index (χ1v) is 13.2. The summed E-state index contributed by atoms with van der Waals surface area (Å²) in [7, 11) is 0. The lowest BCUT2D eigenvalue weighted by Crippen LogP contribution is -2.57. The first-order chi connectivity index (χ1) is 18.4. The summed E-state index contributed by atoms with van der Waals surface area (Å²) in [5.41, 5.74) is 6.94. The summed E-state index contributed by atoms with van der Waals surface area (Å²) in [6, 6.07) is 1.44. The van der Waals surface area contributed by atoms with Gasteiger partial charge in [0.25, 0.3) is 0 Å². The molecule has 4 unspecified atom stereocenters. The number of carboxylic acids is 3. The molecule has 0 bridgehead atoms. The molecule has 2 rings (SSSR count). The van der Waals surface area contributed by atoms with Gasteiger partial charge in [-0.1, -0.05) is 18.2 Å². The summed E-state index contributed by atoms with van der Waals surface area (Å²) >= 11 is 1.36. The quantitative estimate of drug-likeness (QED) is 0.126. The van der Waals surface area contributed by atoms with Crippen LogP contribution in [0.3, 0.4) is 0 Å². The highest BCUT2D eigenvalue weighted by Gasteiger charge is 2.32. The molecule has 1 heterocycles. The molecular formula is C24H31N5O9S. The SMILES string of the molecule is CSCCC(NC(=O)C(CC(=O)O)NC(=O)C(N)CC(=O)O)C(=O)NC(Cc1c[nH]c2ccccc12)C(=O)O. The lowest BCUT2D eigenvalue weighted by atomic mass is 10.0. The summed E-state index contributed by atoms with van der Waals surface area (Å²) in [6.07, 6.45) is 1.81. The van der Waals surface area contributed by atoms with E-state index in [1.807, 2.05) is 18.2 Å². The summed E-state index contributed by atoms with van der Waals surface area (Å²) in [4.78, 5) is 75.3. The summed E-state index contributed by atoms with van der Waals surface area (Å²) < 4.78 is 0. The number of carbonyl (C=O) groups is 6. The van der Waals surface area contributed by atoms with Gasteiger partial charge in [-0.05, 0) is 30.1 Å². The van der Waals surface area contributed by atoms with E-state index in [1.165, 1.54) is 11.8 Å². The van der Waals surface area contributed by atoms with Crippen molar-refractivity contribution in [3.05, 3.63) is 36.0 Å². The van der Waals surface area contributed by atoms with Gasteiger partial charge in [-0.25, -0.2) is 4.79 Å². The Bertz CT molecular complexity index is 1220.